The summed E-state index contributed by atoms with van der Waals surface area (Å²) in [5.41, 5.74) is 0.888. The average molecular weight is 379 g/mol. The minimum Gasteiger partial charge on any atom is -0.448 e. The second-order valence-corrected chi connectivity index (χ2v) is 7.42. The quantitative estimate of drug-likeness (QED) is 0.629. The van der Waals surface area contributed by atoms with E-state index >= 15 is 0 Å². The minimum atomic E-state index is -1.13. The maximum atomic E-state index is 13.6. The highest BCUT2D eigenvalue weighted by atomic mass is 32.1. The van der Waals surface area contributed by atoms with Crippen molar-refractivity contribution in [1.29, 1.82) is 0 Å². The SMILES string of the molecule is CC(OC(=O)c1cc2c(s1)CCCCC2)C(=O)Nc1cc(F)ccc1F. The predicted molar refractivity (Wildman–Crippen MR) is 95.4 cm³/mol. The highest BCUT2D eigenvalue weighted by Crippen LogP contribution is 2.29. The smallest absolute Gasteiger partial charge is 0.349 e. The maximum absolute atomic E-state index is 13.6. The summed E-state index contributed by atoms with van der Waals surface area (Å²) in [6.45, 7) is 1.39. The molecule has 0 spiro atoms. The van der Waals surface area contributed by atoms with Gasteiger partial charge in [0.2, 0.25) is 0 Å². The third-order valence-electron chi connectivity index (χ3n) is 4.29. The molecule has 138 valence electrons. The van der Waals surface area contributed by atoms with Crippen LogP contribution < -0.4 is 5.32 Å². The van der Waals surface area contributed by atoms with Crippen LogP contribution in [0.4, 0.5) is 14.5 Å². The van der Waals surface area contributed by atoms with Crippen molar-refractivity contribution in [3.63, 3.8) is 0 Å². The second kappa shape index (κ2) is 7.95. The molecule has 1 unspecified atom stereocenters. The molecule has 3 rings (SSSR count). The Bertz CT molecular complexity index is 811. The molecule has 26 heavy (non-hydrogen) atoms. The summed E-state index contributed by atoms with van der Waals surface area (Å²) in [7, 11) is 0. The number of carbonyl (C=O) groups excluding carboxylic acids is 2. The maximum Gasteiger partial charge on any atom is 0.349 e. The van der Waals surface area contributed by atoms with E-state index in [4.69, 9.17) is 4.74 Å². The van der Waals surface area contributed by atoms with Gasteiger partial charge in [-0.25, -0.2) is 13.6 Å². The van der Waals surface area contributed by atoms with E-state index in [1.165, 1.54) is 35.1 Å². The molecule has 1 aromatic carbocycles. The van der Waals surface area contributed by atoms with Crippen LogP contribution in [0.2, 0.25) is 0 Å². The molecule has 0 bridgehead atoms. The van der Waals surface area contributed by atoms with Crippen molar-refractivity contribution in [2.45, 2.75) is 45.1 Å². The Morgan fingerprint density at radius 2 is 1.92 bits per heavy atom. The fourth-order valence-electron chi connectivity index (χ4n) is 2.87. The number of esters is 1. The van der Waals surface area contributed by atoms with Gasteiger partial charge in [-0.05, 0) is 56.4 Å². The van der Waals surface area contributed by atoms with Gasteiger partial charge < -0.3 is 10.1 Å². The Hall–Kier alpha value is -2.28. The number of carbonyl (C=O) groups is 2. The number of anilines is 1. The summed E-state index contributed by atoms with van der Waals surface area (Å²) >= 11 is 1.40. The lowest BCUT2D eigenvalue weighted by Gasteiger charge is -2.13. The van der Waals surface area contributed by atoms with Gasteiger partial charge in [0, 0.05) is 10.9 Å². The first-order valence-corrected chi connectivity index (χ1v) is 9.34. The number of amides is 1. The summed E-state index contributed by atoms with van der Waals surface area (Å²) in [6, 6.07) is 4.58. The number of fused-ring (bicyclic) bond motifs is 1. The third kappa shape index (κ3) is 4.27. The van der Waals surface area contributed by atoms with Crippen molar-refractivity contribution in [1.82, 2.24) is 0 Å². The highest BCUT2D eigenvalue weighted by molar-refractivity contribution is 7.14. The average Bonchev–Trinajstić information content (AvgIpc) is 2.89. The van der Waals surface area contributed by atoms with Crippen LogP contribution in [0.15, 0.2) is 24.3 Å². The standard InChI is InChI=1S/C19H19F2NO3S/c1-11(18(23)22-15-10-13(20)7-8-14(15)21)25-19(24)17-9-12-5-3-2-4-6-16(12)26-17/h7-11H,2-6H2,1H3,(H,22,23). The van der Waals surface area contributed by atoms with Crippen LogP contribution in [0.1, 0.15) is 46.3 Å². The molecule has 1 aliphatic rings. The van der Waals surface area contributed by atoms with E-state index in [1.54, 1.807) is 0 Å². The Balaban J connectivity index is 1.63. The molecule has 0 radical (unpaired) electrons. The zero-order chi connectivity index (χ0) is 18.7. The second-order valence-electron chi connectivity index (χ2n) is 6.28. The van der Waals surface area contributed by atoms with E-state index in [1.807, 2.05) is 6.07 Å². The van der Waals surface area contributed by atoms with Gasteiger partial charge in [0.25, 0.3) is 5.91 Å². The molecule has 1 aliphatic carbocycles. The molecule has 1 atom stereocenters. The molecule has 0 fully saturated rings. The summed E-state index contributed by atoms with van der Waals surface area (Å²) < 4.78 is 32.0. The van der Waals surface area contributed by atoms with E-state index in [9.17, 15) is 18.4 Å². The van der Waals surface area contributed by atoms with Gasteiger partial charge in [-0.1, -0.05) is 6.42 Å². The molecule has 2 aromatic rings. The number of thiophene rings is 1. The van der Waals surface area contributed by atoms with Crippen LogP contribution in [-0.4, -0.2) is 18.0 Å². The molecule has 0 saturated heterocycles. The summed E-state index contributed by atoms with van der Waals surface area (Å²) in [4.78, 5) is 26.1. The number of hydrogen-bond acceptors (Lipinski definition) is 4. The van der Waals surface area contributed by atoms with Crippen LogP contribution in [0.3, 0.4) is 0 Å². The first-order valence-electron chi connectivity index (χ1n) is 8.52. The molecule has 1 N–H and O–H groups in total. The topological polar surface area (TPSA) is 55.4 Å². The van der Waals surface area contributed by atoms with E-state index in [-0.39, 0.29) is 5.69 Å². The van der Waals surface area contributed by atoms with E-state index < -0.39 is 29.6 Å². The number of nitrogens with one attached hydrogen (secondary N) is 1. The van der Waals surface area contributed by atoms with Gasteiger partial charge in [0.05, 0.1) is 5.69 Å². The lowest BCUT2D eigenvalue weighted by Crippen LogP contribution is -2.30. The van der Waals surface area contributed by atoms with Crippen molar-refractivity contribution < 1.29 is 23.1 Å². The number of ether oxygens (including phenoxy) is 1. The number of aryl methyl sites for hydroxylation is 2. The molecule has 7 heteroatoms. The van der Waals surface area contributed by atoms with E-state index in [0.29, 0.717) is 4.88 Å². The largest absolute Gasteiger partial charge is 0.448 e. The zero-order valence-corrected chi connectivity index (χ0v) is 15.1. The van der Waals surface area contributed by atoms with E-state index in [2.05, 4.69) is 5.32 Å². The Morgan fingerprint density at radius 1 is 1.15 bits per heavy atom. The monoisotopic (exact) mass is 379 g/mol. The Morgan fingerprint density at radius 3 is 2.73 bits per heavy atom. The number of rotatable bonds is 4. The van der Waals surface area contributed by atoms with Crippen molar-refractivity contribution in [2.24, 2.45) is 0 Å². The summed E-state index contributed by atoms with van der Waals surface area (Å²) in [5.74, 6) is -2.74. The van der Waals surface area contributed by atoms with Gasteiger partial charge in [0.1, 0.15) is 16.5 Å². The van der Waals surface area contributed by atoms with Crippen molar-refractivity contribution in [3.8, 4) is 0 Å². The van der Waals surface area contributed by atoms with Gasteiger partial charge in [0.15, 0.2) is 6.10 Å². The van der Waals surface area contributed by atoms with Crippen LogP contribution in [0.5, 0.6) is 0 Å². The Kier molecular flexibility index (Phi) is 5.66. The fourth-order valence-corrected chi connectivity index (χ4v) is 4.00. The summed E-state index contributed by atoms with van der Waals surface area (Å²) in [6.07, 6.45) is 4.19. The minimum absolute atomic E-state index is 0.291. The van der Waals surface area contributed by atoms with E-state index in [0.717, 1.165) is 43.9 Å². The van der Waals surface area contributed by atoms with Gasteiger partial charge >= 0.3 is 5.97 Å². The summed E-state index contributed by atoms with van der Waals surface area (Å²) in [5, 5.41) is 2.24. The normalized spacial score (nSPS) is 14.9. The van der Waals surface area contributed by atoms with Gasteiger partial charge in [-0.2, -0.15) is 0 Å². The molecular weight excluding hydrogens is 360 g/mol. The number of halogens is 2. The molecule has 0 saturated carbocycles. The van der Waals surface area contributed by atoms with Crippen molar-refractivity contribution in [2.75, 3.05) is 5.32 Å². The van der Waals surface area contributed by atoms with Crippen molar-refractivity contribution in [3.05, 3.63) is 51.2 Å². The number of hydrogen-bond donors (Lipinski definition) is 1. The van der Waals surface area contributed by atoms with Gasteiger partial charge in [-0.15, -0.1) is 11.3 Å². The fraction of sp³-hybridized carbons (Fsp3) is 0.368. The predicted octanol–water partition coefficient (Wildman–Crippen LogP) is 4.48. The van der Waals surface area contributed by atoms with Gasteiger partial charge in [-0.3, -0.25) is 4.79 Å². The lowest BCUT2D eigenvalue weighted by molar-refractivity contribution is -0.123. The van der Waals surface area contributed by atoms with Crippen LogP contribution in [0.25, 0.3) is 0 Å². The molecule has 1 amide bonds. The highest BCUT2D eigenvalue weighted by Gasteiger charge is 2.23. The molecular formula is C19H19F2NO3S. The third-order valence-corrected chi connectivity index (χ3v) is 5.50. The first kappa shape index (κ1) is 18.5. The molecule has 0 aliphatic heterocycles. The lowest BCUT2D eigenvalue weighted by atomic mass is 10.1. The zero-order valence-electron chi connectivity index (χ0n) is 14.3. The molecule has 1 aromatic heterocycles. The van der Waals surface area contributed by atoms with Crippen LogP contribution in [-0.2, 0) is 22.4 Å². The van der Waals surface area contributed by atoms with Crippen LogP contribution in [0, 0.1) is 11.6 Å². The first-order chi connectivity index (χ1) is 12.4. The Labute approximate surface area is 154 Å². The van der Waals surface area contributed by atoms with Crippen molar-refractivity contribution >= 4 is 28.9 Å². The number of benzene rings is 1. The molecule has 1 heterocycles. The molecule has 4 nitrogen and oxygen atoms in total. The van der Waals surface area contributed by atoms with Crippen LogP contribution >= 0.6 is 11.3 Å².